The lowest BCUT2D eigenvalue weighted by Gasteiger charge is -2.34. The zero-order valence-corrected chi connectivity index (χ0v) is 12.7. The third-order valence-corrected chi connectivity index (χ3v) is 3.36. The van der Waals surface area contributed by atoms with E-state index in [4.69, 9.17) is 0 Å². The van der Waals surface area contributed by atoms with Gasteiger partial charge in [0.05, 0.1) is 0 Å². The van der Waals surface area contributed by atoms with Crippen LogP contribution >= 0.6 is 0 Å². The van der Waals surface area contributed by atoms with E-state index < -0.39 is 0 Å². The Balaban J connectivity index is 0.000000956. The molecule has 0 aromatic heterocycles. The van der Waals surface area contributed by atoms with Crippen molar-refractivity contribution >= 4 is 5.91 Å². The summed E-state index contributed by atoms with van der Waals surface area (Å²) in [5.41, 5.74) is 1.89. The monoisotopic (exact) mass is 280 g/mol. The van der Waals surface area contributed by atoms with Gasteiger partial charge in [0.1, 0.15) is 6.67 Å². The van der Waals surface area contributed by atoms with Gasteiger partial charge in [0.25, 0.3) is 5.91 Å². The molecule has 3 nitrogen and oxygen atoms in total. The van der Waals surface area contributed by atoms with Gasteiger partial charge in [-0.05, 0) is 19.1 Å². The van der Waals surface area contributed by atoms with Crippen LogP contribution in [0.2, 0.25) is 0 Å². The lowest BCUT2D eigenvalue weighted by molar-refractivity contribution is 0.0630. The number of rotatable bonds is 3. The maximum absolute atomic E-state index is 12.2. The minimum atomic E-state index is -0.314. The summed E-state index contributed by atoms with van der Waals surface area (Å²) in [4.78, 5) is 16.1. The Hall–Kier alpha value is -1.42. The normalized spacial score (nSPS) is 15.5. The van der Waals surface area contributed by atoms with E-state index in [1.807, 2.05) is 49.9 Å². The van der Waals surface area contributed by atoms with Gasteiger partial charge in [-0.25, -0.2) is 4.39 Å². The van der Waals surface area contributed by atoms with Crippen LogP contribution in [0.15, 0.2) is 24.3 Å². The van der Waals surface area contributed by atoms with Crippen molar-refractivity contribution in [3.8, 4) is 0 Å². The molecular weight excluding hydrogens is 255 g/mol. The molecule has 1 aromatic rings. The van der Waals surface area contributed by atoms with Crippen molar-refractivity contribution in [2.75, 3.05) is 39.4 Å². The van der Waals surface area contributed by atoms with Crippen LogP contribution in [0.3, 0.4) is 0 Å². The van der Waals surface area contributed by atoms with E-state index in [-0.39, 0.29) is 12.6 Å². The molecule has 1 aliphatic heterocycles. The average molecular weight is 280 g/mol. The second-order valence-corrected chi connectivity index (χ2v) is 4.69. The Morgan fingerprint density at radius 1 is 1.10 bits per heavy atom. The molecule has 0 saturated carbocycles. The van der Waals surface area contributed by atoms with Crippen LogP contribution in [0.25, 0.3) is 0 Å². The summed E-state index contributed by atoms with van der Waals surface area (Å²) in [5.74, 6) is 0.0786. The topological polar surface area (TPSA) is 23.6 Å². The predicted octanol–water partition coefficient (Wildman–Crippen LogP) is 2.75. The minimum Gasteiger partial charge on any atom is -0.336 e. The number of hydrogen-bond acceptors (Lipinski definition) is 2. The zero-order valence-electron chi connectivity index (χ0n) is 12.7. The second kappa shape index (κ2) is 8.69. The molecule has 0 bridgehead atoms. The number of aryl methyl sites for hydroxylation is 1. The lowest BCUT2D eigenvalue weighted by atomic mass is 10.1. The highest BCUT2D eigenvalue weighted by Crippen LogP contribution is 2.10. The molecule has 112 valence electrons. The standard InChI is InChI=1S/C14H19FN2O.C2H6/c1-12-2-4-13(5-3-12)14(18)17-10-8-16(7-6-15)9-11-17;1-2/h2-5H,6-11H2,1H3;1-2H3. The summed E-state index contributed by atoms with van der Waals surface area (Å²) in [7, 11) is 0. The molecular formula is C16H25FN2O. The molecule has 0 spiro atoms. The van der Waals surface area contributed by atoms with Crippen molar-refractivity contribution in [3.63, 3.8) is 0 Å². The molecule has 4 heteroatoms. The number of hydrogen-bond donors (Lipinski definition) is 0. The Morgan fingerprint density at radius 2 is 1.65 bits per heavy atom. The Bertz CT molecular complexity index is 397. The van der Waals surface area contributed by atoms with Crippen LogP contribution in [-0.2, 0) is 0 Å². The van der Waals surface area contributed by atoms with Gasteiger partial charge < -0.3 is 4.90 Å². The summed E-state index contributed by atoms with van der Waals surface area (Å²) >= 11 is 0. The van der Waals surface area contributed by atoms with Crippen LogP contribution in [0.5, 0.6) is 0 Å². The van der Waals surface area contributed by atoms with Crippen LogP contribution in [-0.4, -0.2) is 55.1 Å². The maximum atomic E-state index is 12.2. The second-order valence-electron chi connectivity index (χ2n) is 4.69. The summed E-state index contributed by atoms with van der Waals surface area (Å²) < 4.78 is 12.2. The summed E-state index contributed by atoms with van der Waals surface area (Å²) in [5, 5.41) is 0. The number of carbonyl (C=O) groups is 1. The van der Waals surface area contributed by atoms with Gasteiger partial charge in [-0.3, -0.25) is 9.69 Å². The number of alkyl halides is 1. The van der Waals surface area contributed by atoms with Crippen LogP contribution < -0.4 is 0 Å². The van der Waals surface area contributed by atoms with E-state index >= 15 is 0 Å². The van der Waals surface area contributed by atoms with E-state index in [0.29, 0.717) is 19.6 Å². The van der Waals surface area contributed by atoms with Gasteiger partial charge in [-0.1, -0.05) is 31.5 Å². The highest BCUT2D eigenvalue weighted by Gasteiger charge is 2.21. The molecule has 2 rings (SSSR count). The number of amides is 1. The molecule has 1 heterocycles. The number of benzene rings is 1. The first-order chi connectivity index (χ1) is 9.70. The van der Waals surface area contributed by atoms with Crippen molar-refractivity contribution in [1.82, 2.24) is 9.80 Å². The first kappa shape index (κ1) is 16.6. The van der Waals surface area contributed by atoms with Gasteiger partial charge in [-0.2, -0.15) is 0 Å². The Labute approximate surface area is 121 Å². The van der Waals surface area contributed by atoms with Crippen molar-refractivity contribution < 1.29 is 9.18 Å². The average Bonchev–Trinajstić information content (AvgIpc) is 2.50. The molecule has 0 N–H and O–H groups in total. The van der Waals surface area contributed by atoms with Gasteiger partial charge in [-0.15, -0.1) is 0 Å². The Morgan fingerprint density at radius 3 is 2.15 bits per heavy atom. The van der Waals surface area contributed by atoms with Gasteiger partial charge in [0.2, 0.25) is 0 Å². The summed E-state index contributed by atoms with van der Waals surface area (Å²) in [6.07, 6.45) is 0. The molecule has 1 fully saturated rings. The quantitative estimate of drug-likeness (QED) is 0.850. The first-order valence-electron chi connectivity index (χ1n) is 7.35. The van der Waals surface area contributed by atoms with Crippen LogP contribution in [0.1, 0.15) is 29.8 Å². The van der Waals surface area contributed by atoms with E-state index in [1.165, 1.54) is 0 Å². The predicted molar refractivity (Wildman–Crippen MR) is 80.8 cm³/mol. The molecule has 1 aromatic carbocycles. The number of carbonyl (C=O) groups excluding carboxylic acids is 1. The summed E-state index contributed by atoms with van der Waals surface area (Å²) in [6, 6.07) is 7.64. The number of piperazine rings is 1. The van der Waals surface area contributed by atoms with Crippen molar-refractivity contribution in [1.29, 1.82) is 0 Å². The molecule has 1 amide bonds. The van der Waals surface area contributed by atoms with E-state index in [0.717, 1.165) is 24.2 Å². The SMILES string of the molecule is CC.Cc1ccc(C(=O)N2CCN(CCF)CC2)cc1. The first-order valence-corrected chi connectivity index (χ1v) is 7.35. The number of halogens is 1. The van der Waals surface area contributed by atoms with Crippen molar-refractivity contribution in [3.05, 3.63) is 35.4 Å². The molecule has 0 atom stereocenters. The van der Waals surface area contributed by atoms with Gasteiger partial charge in [0, 0.05) is 38.3 Å². The molecule has 0 aliphatic carbocycles. The van der Waals surface area contributed by atoms with E-state index in [9.17, 15) is 9.18 Å². The molecule has 20 heavy (non-hydrogen) atoms. The zero-order chi connectivity index (χ0) is 15.0. The fourth-order valence-corrected chi connectivity index (χ4v) is 2.17. The van der Waals surface area contributed by atoms with Crippen LogP contribution in [0, 0.1) is 6.92 Å². The smallest absolute Gasteiger partial charge is 0.253 e. The Kier molecular flexibility index (Phi) is 7.23. The summed E-state index contributed by atoms with van der Waals surface area (Å²) in [6.45, 7) is 9.07. The molecule has 0 unspecified atom stereocenters. The highest BCUT2D eigenvalue weighted by molar-refractivity contribution is 5.94. The fraction of sp³-hybridized carbons (Fsp3) is 0.562. The molecule has 1 saturated heterocycles. The van der Waals surface area contributed by atoms with Gasteiger partial charge >= 0.3 is 0 Å². The van der Waals surface area contributed by atoms with E-state index in [1.54, 1.807) is 0 Å². The molecule has 1 aliphatic rings. The van der Waals surface area contributed by atoms with Gasteiger partial charge in [0.15, 0.2) is 0 Å². The number of nitrogens with zero attached hydrogens (tertiary/aromatic N) is 2. The minimum absolute atomic E-state index is 0.0786. The van der Waals surface area contributed by atoms with E-state index in [2.05, 4.69) is 4.90 Å². The third-order valence-electron chi connectivity index (χ3n) is 3.36. The van der Waals surface area contributed by atoms with Crippen LogP contribution in [0.4, 0.5) is 4.39 Å². The highest BCUT2D eigenvalue weighted by atomic mass is 19.1. The third kappa shape index (κ3) is 4.60. The maximum Gasteiger partial charge on any atom is 0.253 e. The fourth-order valence-electron chi connectivity index (χ4n) is 2.17. The lowest BCUT2D eigenvalue weighted by Crippen LogP contribution is -2.49. The largest absolute Gasteiger partial charge is 0.336 e. The van der Waals surface area contributed by atoms with Crippen molar-refractivity contribution in [2.24, 2.45) is 0 Å². The molecule has 0 radical (unpaired) electrons. The van der Waals surface area contributed by atoms with Crippen molar-refractivity contribution in [2.45, 2.75) is 20.8 Å².